The maximum Gasteiger partial charge on any atom is 0.313 e. The first-order chi connectivity index (χ1) is 9.70. The lowest BCUT2D eigenvalue weighted by atomic mass is 10.2. The van der Waals surface area contributed by atoms with E-state index in [0.29, 0.717) is 18.3 Å². The van der Waals surface area contributed by atoms with Gasteiger partial charge in [0.05, 0.1) is 0 Å². The van der Waals surface area contributed by atoms with E-state index in [9.17, 15) is 9.59 Å². The maximum atomic E-state index is 11.8. The van der Waals surface area contributed by atoms with Crippen molar-refractivity contribution in [3.8, 4) is 0 Å². The number of amides is 2. The van der Waals surface area contributed by atoms with Crippen LogP contribution in [0.25, 0.3) is 0 Å². The summed E-state index contributed by atoms with van der Waals surface area (Å²) in [4.78, 5) is 25.8. The van der Waals surface area contributed by atoms with Crippen molar-refractivity contribution < 1.29 is 9.59 Å². The maximum absolute atomic E-state index is 11.8. The molecule has 0 aromatic heterocycles. The average Bonchev–Trinajstić information content (AvgIpc) is 2.93. The van der Waals surface area contributed by atoms with E-state index in [4.69, 9.17) is 0 Å². The molecular formula is C15H21N3O2. The fourth-order valence-electron chi connectivity index (χ4n) is 2.54. The molecule has 1 aliphatic heterocycles. The Hall–Kier alpha value is -1.88. The highest BCUT2D eigenvalue weighted by Gasteiger charge is 2.24. The standard InChI is InChI=1S/C15H21N3O2/c1-2-18-10-6-9-13(18)11-16-14(19)15(20)17-12-7-4-3-5-8-12/h3-5,7-8,13H,2,6,9-11H2,1H3,(H,16,19)(H,17,20)/t13-/m1/s1. The van der Waals surface area contributed by atoms with Crippen LogP contribution in [0.15, 0.2) is 30.3 Å². The van der Waals surface area contributed by atoms with Crippen LogP contribution in [-0.4, -0.2) is 42.4 Å². The molecule has 1 fully saturated rings. The Labute approximate surface area is 119 Å². The molecule has 0 spiro atoms. The van der Waals surface area contributed by atoms with E-state index in [1.165, 1.54) is 0 Å². The zero-order chi connectivity index (χ0) is 14.4. The molecule has 0 aliphatic carbocycles. The van der Waals surface area contributed by atoms with Crippen LogP contribution in [0.3, 0.4) is 0 Å². The fourth-order valence-corrected chi connectivity index (χ4v) is 2.54. The zero-order valence-corrected chi connectivity index (χ0v) is 11.8. The van der Waals surface area contributed by atoms with Gasteiger partial charge in [-0.05, 0) is 38.1 Å². The van der Waals surface area contributed by atoms with Crippen LogP contribution in [0.5, 0.6) is 0 Å². The van der Waals surface area contributed by atoms with Gasteiger partial charge < -0.3 is 10.6 Å². The zero-order valence-electron chi connectivity index (χ0n) is 11.8. The third-order valence-corrected chi connectivity index (χ3v) is 3.64. The Balaban J connectivity index is 1.78. The van der Waals surface area contributed by atoms with E-state index in [-0.39, 0.29) is 0 Å². The molecular weight excluding hydrogens is 254 g/mol. The molecule has 2 amide bonds. The normalized spacial score (nSPS) is 18.8. The number of nitrogens with zero attached hydrogens (tertiary/aromatic N) is 1. The summed E-state index contributed by atoms with van der Waals surface area (Å²) >= 11 is 0. The summed E-state index contributed by atoms with van der Waals surface area (Å²) in [7, 11) is 0. The summed E-state index contributed by atoms with van der Waals surface area (Å²) < 4.78 is 0. The summed E-state index contributed by atoms with van der Waals surface area (Å²) in [6.07, 6.45) is 2.24. The van der Waals surface area contributed by atoms with Crippen LogP contribution in [0.2, 0.25) is 0 Å². The minimum Gasteiger partial charge on any atom is -0.346 e. The van der Waals surface area contributed by atoms with Crippen LogP contribution >= 0.6 is 0 Å². The number of anilines is 1. The number of likely N-dealkylation sites (N-methyl/N-ethyl adjacent to an activating group) is 1. The molecule has 0 saturated carbocycles. The highest BCUT2D eigenvalue weighted by Crippen LogP contribution is 2.15. The van der Waals surface area contributed by atoms with Gasteiger partial charge in [-0.25, -0.2) is 0 Å². The molecule has 2 rings (SSSR count). The third kappa shape index (κ3) is 3.81. The van der Waals surface area contributed by atoms with E-state index in [1.807, 2.05) is 18.2 Å². The quantitative estimate of drug-likeness (QED) is 0.812. The summed E-state index contributed by atoms with van der Waals surface area (Å²) in [5.74, 6) is -1.19. The lowest BCUT2D eigenvalue weighted by Gasteiger charge is -2.22. The summed E-state index contributed by atoms with van der Waals surface area (Å²) in [6.45, 7) is 4.71. The summed E-state index contributed by atoms with van der Waals surface area (Å²) in [5, 5.41) is 5.29. The second kappa shape index (κ2) is 7.05. The molecule has 0 unspecified atom stereocenters. The molecule has 1 aromatic carbocycles. The van der Waals surface area contributed by atoms with Crippen LogP contribution in [0, 0.1) is 0 Å². The monoisotopic (exact) mass is 275 g/mol. The lowest BCUT2D eigenvalue weighted by molar-refractivity contribution is -0.136. The number of benzene rings is 1. The Bertz CT molecular complexity index is 461. The van der Waals surface area contributed by atoms with Crippen molar-refractivity contribution in [1.29, 1.82) is 0 Å². The van der Waals surface area contributed by atoms with Gasteiger partial charge in [0.2, 0.25) is 0 Å². The summed E-state index contributed by atoms with van der Waals surface area (Å²) in [6, 6.07) is 9.33. The Kier molecular flexibility index (Phi) is 5.12. The van der Waals surface area contributed by atoms with Gasteiger partial charge in [0.15, 0.2) is 0 Å². The van der Waals surface area contributed by atoms with E-state index < -0.39 is 11.8 Å². The van der Waals surface area contributed by atoms with Crippen LogP contribution < -0.4 is 10.6 Å². The largest absolute Gasteiger partial charge is 0.346 e. The van der Waals surface area contributed by atoms with Gasteiger partial charge in [-0.2, -0.15) is 0 Å². The molecule has 1 heterocycles. The molecule has 5 heteroatoms. The van der Waals surface area contributed by atoms with E-state index >= 15 is 0 Å². The van der Waals surface area contributed by atoms with Gasteiger partial charge in [-0.15, -0.1) is 0 Å². The number of carbonyl (C=O) groups excluding carboxylic acids is 2. The first-order valence-corrected chi connectivity index (χ1v) is 7.09. The highest BCUT2D eigenvalue weighted by molar-refractivity contribution is 6.39. The van der Waals surface area contributed by atoms with Gasteiger partial charge >= 0.3 is 11.8 Å². The Morgan fingerprint density at radius 2 is 2.00 bits per heavy atom. The second-order valence-corrected chi connectivity index (χ2v) is 4.95. The van der Waals surface area contributed by atoms with Crippen LogP contribution in [0.1, 0.15) is 19.8 Å². The molecule has 1 aliphatic rings. The first kappa shape index (κ1) is 14.5. The molecule has 1 saturated heterocycles. The predicted octanol–water partition coefficient (Wildman–Crippen LogP) is 1.23. The van der Waals surface area contributed by atoms with Gasteiger partial charge in [-0.1, -0.05) is 25.1 Å². The highest BCUT2D eigenvalue weighted by atomic mass is 16.2. The number of likely N-dealkylation sites (tertiary alicyclic amines) is 1. The number of rotatable bonds is 4. The van der Waals surface area contributed by atoms with Crippen molar-refractivity contribution in [2.45, 2.75) is 25.8 Å². The minimum atomic E-state index is -0.614. The van der Waals surface area contributed by atoms with E-state index in [0.717, 1.165) is 25.9 Å². The first-order valence-electron chi connectivity index (χ1n) is 7.09. The van der Waals surface area contributed by atoms with Crippen LogP contribution in [-0.2, 0) is 9.59 Å². The average molecular weight is 275 g/mol. The van der Waals surface area contributed by atoms with Crippen molar-refractivity contribution in [1.82, 2.24) is 10.2 Å². The summed E-state index contributed by atoms with van der Waals surface area (Å²) in [5.41, 5.74) is 0.628. The van der Waals surface area contributed by atoms with E-state index in [1.54, 1.807) is 12.1 Å². The number of para-hydroxylation sites is 1. The minimum absolute atomic E-state index is 0.355. The third-order valence-electron chi connectivity index (χ3n) is 3.64. The number of carbonyl (C=O) groups is 2. The smallest absolute Gasteiger partial charge is 0.313 e. The SMILES string of the molecule is CCN1CCC[C@@H]1CNC(=O)C(=O)Nc1ccccc1. The van der Waals surface area contributed by atoms with Crippen molar-refractivity contribution in [3.05, 3.63) is 30.3 Å². The molecule has 0 radical (unpaired) electrons. The molecule has 0 bridgehead atoms. The molecule has 2 N–H and O–H groups in total. The molecule has 5 nitrogen and oxygen atoms in total. The van der Waals surface area contributed by atoms with Gasteiger partial charge in [0.25, 0.3) is 0 Å². The topological polar surface area (TPSA) is 61.4 Å². The second-order valence-electron chi connectivity index (χ2n) is 4.95. The van der Waals surface area contributed by atoms with Gasteiger partial charge in [-0.3, -0.25) is 14.5 Å². The molecule has 108 valence electrons. The Morgan fingerprint density at radius 1 is 1.25 bits per heavy atom. The predicted molar refractivity (Wildman–Crippen MR) is 78.4 cm³/mol. The molecule has 20 heavy (non-hydrogen) atoms. The lowest BCUT2D eigenvalue weighted by Crippen LogP contribution is -2.43. The van der Waals surface area contributed by atoms with E-state index in [2.05, 4.69) is 22.5 Å². The van der Waals surface area contributed by atoms with Crippen LogP contribution in [0.4, 0.5) is 5.69 Å². The molecule has 1 atom stereocenters. The van der Waals surface area contributed by atoms with Crippen molar-refractivity contribution in [2.24, 2.45) is 0 Å². The van der Waals surface area contributed by atoms with Crippen molar-refractivity contribution in [3.63, 3.8) is 0 Å². The van der Waals surface area contributed by atoms with Gasteiger partial charge in [0.1, 0.15) is 0 Å². The number of hydrogen-bond acceptors (Lipinski definition) is 3. The van der Waals surface area contributed by atoms with Gasteiger partial charge in [0, 0.05) is 18.3 Å². The van der Waals surface area contributed by atoms with Crippen molar-refractivity contribution in [2.75, 3.05) is 25.0 Å². The number of hydrogen-bond donors (Lipinski definition) is 2. The number of nitrogens with one attached hydrogen (secondary N) is 2. The fraction of sp³-hybridized carbons (Fsp3) is 0.467. The van der Waals surface area contributed by atoms with Crippen molar-refractivity contribution >= 4 is 17.5 Å². The molecule has 1 aromatic rings. The Morgan fingerprint density at radius 3 is 2.70 bits per heavy atom.